The van der Waals surface area contributed by atoms with Gasteiger partial charge in [0.2, 0.25) is 5.91 Å². The number of nitrogens with one attached hydrogen (secondary N) is 1. The number of amides is 2. The first-order valence-electron chi connectivity index (χ1n) is 10.6. The number of halogens is 1. The molecule has 28 heavy (non-hydrogen) atoms. The summed E-state index contributed by atoms with van der Waals surface area (Å²) < 4.78 is 5.90. The number of hydrogen-bond donors (Lipinski definition) is 1. The topological polar surface area (TPSA) is 58.6 Å². The first-order valence-corrected chi connectivity index (χ1v) is 11.0. The summed E-state index contributed by atoms with van der Waals surface area (Å²) in [5.74, 6) is -0.120. The van der Waals surface area contributed by atoms with E-state index in [0.29, 0.717) is 42.9 Å². The Morgan fingerprint density at radius 2 is 1.82 bits per heavy atom. The zero-order chi connectivity index (χ0) is 19.8. The van der Waals surface area contributed by atoms with Gasteiger partial charge >= 0.3 is 0 Å². The van der Waals surface area contributed by atoms with E-state index < -0.39 is 0 Å². The molecule has 0 bridgehead atoms. The smallest absolute Gasteiger partial charge is 0.253 e. The normalized spacial score (nSPS) is 20.8. The number of carbonyl (C=O) groups excluding carboxylic acids is 2. The molecule has 1 aliphatic carbocycles. The maximum atomic E-state index is 12.7. The minimum atomic E-state index is -0.135. The van der Waals surface area contributed by atoms with Gasteiger partial charge in [-0.25, -0.2) is 0 Å². The van der Waals surface area contributed by atoms with Crippen molar-refractivity contribution in [2.45, 2.75) is 57.5 Å². The van der Waals surface area contributed by atoms with Gasteiger partial charge in [-0.2, -0.15) is 0 Å². The van der Waals surface area contributed by atoms with Gasteiger partial charge in [-0.15, -0.1) is 0 Å². The Hall–Kier alpha value is -1.59. The Labute approximate surface area is 172 Å². The van der Waals surface area contributed by atoms with Crippen LogP contribution >= 0.6 is 11.6 Å². The molecule has 2 aliphatic rings. The van der Waals surface area contributed by atoms with Crippen LogP contribution in [0.2, 0.25) is 5.02 Å². The molecule has 6 heteroatoms. The lowest BCUT2D eigenvalue weighted by molar-refractivity contribution is -0.126. The highest BCUT2D eigenvalue weighted by atomic mass is 35.5. The number of piperidine rings is 1. The molecule has 1 saturated carbocycles. The molecule has 1 unspecified atom stereocenters. The molecule has 2 fully saturated rings. The maximum absolute atomic E-state index is 12.7. The molecule has 1 saturated heterocycles. The van der Waals surface area contributed by atoms with E-state index in [9.17, 15) is 9.59 Å². The number of rotatable bonds is 7. The van der Waals surface area contributed by atoms with Crippen LogP contribution in [-0.4, -0.2) is 49.1 Å². The van der Waals surface area contributed by atoms with Crippen LogP contribution in [0.3, 0.4) is 0 Å². The van der Waals surface area contributed by atoms with Gasteiger partial charge in [0.05, 0.1) is 12.0 Å². The Morgan fingerprint density at radius 1 is 1.07 bits per heavy atom. The minimum absolute atomic E-state index is 0.0324. The number of benzene rings is 1. The summed E-state index contributed by atoms with van der Waals surface area (Å²) in [7, 11) is 0. The van der Waals surface area contributed by atoms with Crippen LogP contribution in [0.4, 0.5) is 0 Å². The molecule has 5 nitrogen and oxygen atoms in total. The molecule has 2 amide bonds. The zero-order valence-corrected chi connectivity index (χ0v) is 17.3. The Balaban J connectivity index is 1.37. The van der Waals surface area contributed by atoms with Crippen molar-refractivity contribution in [3.8, 4) is 0 Å². The predicted octanol–water partition coefficient (Wildman–Crippen LogP) is 4.05. The fourth-order valence-electron chi connectivity index (χ4n) is 4.06. The molecule has 0 radical (unpaired) electrons. The van der Waals surface area contributed by atoms with Gasteiger partial charge < -0.3 is 15.0 Å². The van der Waals surface area contributed by atoms with E-state index in [1.165, 1.54) is 32.1 Å². The maximum Gasteiger partial charge on any atom is 0.253 e. The first kappa shape index (κ1) is 21.1. The molecule has 154 valence electrons. The van der Waals surface area contributed by atoms with E-state index in [0.717, 1.165) is 19.3 Å². The van der Waals surface area contributed by atoms with Crippen molar-refractivity contribution >= 4 is 23.4 Å². The van der Waals surface area contributed by atoms with E-state index in [1.54, 1.807) is 29.2 Å². The van der Waals surface area contributed by atoms with Crippen LogP contribution < -0.4 is 5.32 Å². The molecular weight excluding hydrogens is 376 g/mol. The monoisotopic (exact) mass is 406 g/mol. The van der Waals surface area contributed by atoms with Gasteiger partial charge in [-0.1, -0.05) is 30.9 Å². The molecule has 1 aromatic carbocycles. The predicted molar refractivity (Wildman–Crippen MR) is 111 cm³/mol. The summed E-state index contributed by atoms with van der Waals surface area (Å²) in [6.45, 7) is 2.51. The number of hydrogen-bond acceptors (Lipinski definition) is 3. The van der Waals surface area contributed by atoms with Gasteiger partial charge in [0, 0.05) is 36.8 Å². The van der Waals surface area contributed by atoms with Gasteiger partial charge in [0.1, 0.15) is 0 Å². The molecule has 0 spiro atoms. The summed E-state index contributed by atoms with van der Waals surface area (Å²) >= 11 is 5.90. The highest BCUT2D eigenvalue weighted by Gasteiger charge is 2.28. The lowest BCUT2D eigenvalue weighted by atomic mass is 9.96. The van der Waals surface area contributed by atoms with E-state index in [-0.39, 0.29) is 17.7 Å². The molecule has 0 aromatic heterocycles. The molecular formula is C22H31ClN2O3. The quantitative estimate of drug-likeness (QED) is 0.695. The van der Waals surface area contributed by atoms with Crippen molar-refractivity contribution in [1.29, 1.82) is 0 Å². The van der Waals surface area contributed by atoms with Crippen LogP contribution in [-0.2, 0) is 9.53 Å². The summed E-state index contributed by atoms with van der Waals surface area (Å²) in [6, 6.07) is 6.91. The van der Waals surface area contributed by atoms with Crippen molar-refractivity contribution in [2.75, 3.05) is 26.2 Å². The summed E-state index contributed by atoms with van der Waals surface area (Å²) in [4.78, 5) is 26.9. The second-order valence-electron chi connectivity index (χ2n) is 7.87. The van der Waals surface area contributed by atoms with E-state index in [4.69, 9.17) is 16.3 Å². The van der Waals surface area contributed by atoms with Crippen molar-refractivity contribution in [3.05, 3.63) is 34.9 Å². The highest BCUT2D eigenvalue weighted by Crippen LogP contribution is 2.21. The summed E-state index contributed by atoms with van der Waals surface area (Å²) in [6.07, 6.45) is 9.14. The molecule has 1 heterocycles. The molecule has 1 aromatic rings. The Kier molecular flexibility index (Phi) is 8.16. The van der Waals surface area contributed by atoms with Crippen molar-refractivity contribution < 1.29 is 14.3 Å². The van der Waals surface area contributed by atoms with E-state index in [1.807, 2.05) is 0 Å². The Morgan fingerprint density at radius 3 is 2.57 bits per heavy atom. The zero-order valence-electron chi connectivity index (χ0n) is 16.5. The van der Waals surface area contributed by atoms with Crippen molar-refractivity contribution in [1.82, 2.24) is 10.2 Å². The van der Waals surface area contributed by atoms with Gasteiger partial charge in [-0.05, 0) is 56.4 Å². The lowest BCUT2D eigenvalue weighted by Crippen LogP contribution is -2.45. The number of ether oxygens (including phenoxy) is 1. The van der Waals surface area contributed by atoms with Gasteiger partial charge in [0.25, 0.3) is 5.91 Å². The van der Waals surface area contributed by atoms with Gasteiger partial charge in [-0.3, -0.25) is 9.59 Å². The highest BCUT2D eigenvalue weighted by molar-refractivity contribution is 6.30. The second kappa shape index (κ2) is 10.8. The number of likely N-dealkylation sites (tertiary alicyclic amines) is 1. The minimum Gasteiger partial charge on any atom is -0.378 e. The average Bonchev–Trinajstić information content (AvgIpc) is 2.74. The van der Waals surface area contributed by atoms with E-state index in [2.05, 4.69) is 5.32 Å². The molecule has 1 N–H and O–H groups in total. The fourth-order valence-corrected chi connectivity index (χ4v) is 4.19. The third-order valence-electron chi connectivity index (χ3n) is 5.70. The Bertz CT molecular complexity index is 644. The first-order chi connectivity index (χ1) is 13.6. The lowest BCUT2D eigenvalue weighted by Gasteiger charge is -2.32. The van der Waals surface area contributed by atoms with Crippen LogP contribution in [0.1, 0.15) is 61.7 Å². The molecule has 3 rings (SSSR count). The van der Waals surface area contributed by atoms with Crippen molar-refractivity contribution in [3.63, 3.8) is 0 Å². The number of nitrogens with zero attached hydrogens (tertiary/aromatic N) is 1. The third kappa shape index (κ3) is 6.21. The van der Waals surface area contributed by atoms with Gasteiger partial charge in [0.15, 0.2) is 0 Å². The second-order valence-corrected chi connectivity index (χ2v) is 8.31. The SMILES string of the molecule is O=C(NCCCOC1CCCCC1)C1CCCN(C(=O)c2ccc(Cl)cc2)C1. The van der Waals surface area contributed by atoms with E-state index >= 15 is 0 Å². The largest absolute Gasteiger partial charge is 0.378 e. The average molecular weight is 407 g/mol. The number of carbonyl (C=O) groups is 2. The summed E-state index contributed by atoms with van der Waals surface area (Å²) in [5, 5.41) is 3.63. The molecule has 1 aliphatic heterocycles. The van der Waals surface area contributed by atoms with Crippen LogP contribution in [0.5, 0.6) is 0 Å². The van der Waals surface area contributed by atoms with Crippen LogP contribution in [0, 0.1) is 5.92 Å². The van der Waals surface area contributed by atoms with Crippen LogP contribution in [0.25, 0.3) is 0 Å². The van der Waals surface area contributed by atoms with Crippen molar-refractivity contribution in [2.24, 2.45) is 5.92 Å². The van der Waals surface area contributed by atoms with Crippen LogP contribution in [0.15, 0.2) is 24.3 Å². The summed E-state index contributed by atoms with van der Waals surface area (Å²) in [5.41, 5.74) is 0.616. The third-order valence-corrected chi connectivity index (χ3v) is 5.95. The molecule has 1 atom stereocenters. The standard InChI is InChI=1S/C22H31ClN2O3/c23-19-11-9-17(10-12-19)22(27)25-14-4-6-18(16-25)21(26)24-13-5-15-28-20-7-2-1-3-8-20/h9-12,18,20H,1-8,13-16H2,(H,24,26). The fraction of sp³-hybridized carbons (Fsp3) is 0.636.